The largest absolute Gasteiger partial charge is 0.388 e. The molecule has 5 heteroatoms. The molecule has 1 amide bonds. The zero-order chi connectivity index (χ0) is 14.8. The first-order valence-electron chi connectivity index (χ1n) is 7.02. The lowest BCUT2D eigenvalue weighted by Gasteiger charge is -2.35. The molecule has 2 atom stereocenters. The van der Waals surface area contributed by atoms with Gasteiger partial charge in [0.25, 0.3) is 5.91 Å². The van der Waals surface area contributed by atoms with Gasteiger partial charge in [-0.15, -0.1) is 0 Å². The fraction of sp³-hybridized carbons (Fsp3) is 0.600. The second-order valence-electron chi connectivity index (χ2n) is 5.91. The summed E-state index contributed by atoms with van der Waals surface area (Å²) in [6.07, 6.45) is 5.08. The van der Waals surface area contributed by atoms with Crippen LogP contribution in [0.1, 0.15) is 48.7 Å². The van der Waals surface area contributed by atoms with Crippen molar-refractivity contribution in [2.45, 2.75) is 45.1 Å². The fourth-order valence-electron chi connectivity index (χ4n) is 2.83. The van der Waals surface area contributed by atoms with Gasteiger partial charge in [0.15, 0.2) is 0 Å². The zero-order valence-electron chi connectivity index (χ0n) is 11.9. The van der Waals surface area contributed by atoms with Gasteiger partial charge in [-0.3, -0.25) is 9.78 Å². The molecule has 0 radical (unpaired) electrons. The van der Waals surface area contributed by atoms with E-state index >= 15 is 0 Å². The van der Waals surface area contributed by atoms with E-state index in [-0.39, 0.29) is 12.5 Å². The Bertz CT molecular complexity index is 507. The highest BCUT2D eigenvalue weighted by Crippen LogP contribution is 2.31. The molecule has 1 heterocycles. The van der Waals surface area contributed by atoms with Crippen molar-refractivity contribution < 1.29 is 9.90 Å². The Labute approximate surface area is 124 Å². The third-order valence-corrected chi connectivity index (χ3v) is 4.19. The number of aromatic nitrogens is 1. The highest BCUT2D eigenvalue weighted by Gasteiger charge is 2.33. The van der Waals surface area contributed by atoms with Crippen molar-refractivity contribution in [3.05, 3.63) is 28.5 Å². The van der Waals surface area contributed by atoms with Crippen molar-refractivity contribution in [3.8, 4) is 0 Å². The van der Waals surface area contributed by atoms with Crippen molar-refractivity contribution in [2.75, 3.05) is 6.54 Å². The molecule has 1 aliphatic rings. The number of hydrogen-bond donors (Lipinski definition) is 2. The smallest absolute Gasteiger partial charge is 0.254 e. The molecule has 2 rings (SSSR count). The summed E-state index contributed by atoms with van der Waals surface area (Å²) in [4.78, 5) is 16.2. The first-order chi connectivity index (χ1) is 9.39. The normalized spacial score (nSPS) is 26.3. The van der Waals surface area contributed by atoms with Crippen LogP contribution in [-0.2, 0) is 0 Å². The molecule has 1 saturated carbocycles. The SMILES string of the molecule is Cc1cc(Cl)c(C(=O)NCC2(O)CCCC(C)C2)cn1. The first kappa shape index (κ1) is 15.3. The third kappa shape index (κ3) is 3.70. The van der Waals surface area contributed by atoms with Crippen LogP contribution < -0.4 is 5.32 Å². The molecule has 0 saturated heterocycles. The van der Waals surface area contributed by atoms with Gasteiger partial charge in [0, 0.05) is 18.4 Å². The third-order valence-electron chi connectivity index (χ3n) is 3.88. The second kappa shape index (κ2) is 6.10. The Morgan fingerprint density at radius 1 is 1.65 bits per heavy atom. The van der Waals surface area contributed by atoms with E-state index in [1.807, 2.05) is 6.92 Å². The molecule has 110 valence electrons. The van der Waals surface area contributed by atoms with Crippen LogP contribution in [0.5, 0.6) is 0 Å². The van der Waals surface area contributed by atoms with Gasteiger partial charge >= 0.3 is 0 Å². The van der Waals surface area contributed by atoms with E-state index < -0.39 is 5.60 Å². The first-order valence-corrected chi connectivity index (χ1v) is 7.40. The molecule has 0 spiro atoms. The predicted octanol–water partition coefficient (Wildman–Crippen LogP) is 2.71. The maximum Gasteiger partial charge on any atom is 0.254 e. The van der Waals surface area contributed by atoms with Crippen LogP contribution in [0, 0.1) is 12.8 Å². The highest BCUT2D eigenvalue weighted by molar-refractivity contribution is 6.33. The Morgan fingerprint density at radius 3 is 3.05 bits per heavy atom. The summed E-state index contributed by atoms with van der Waals surface area (Å²) < 4.78 is 0. The van der Waals surface area contributed by atoms with Crippen LogP contribution in [0.15, 0.2) is 12.3 Å². The monoisotopic (exact) mass is 296 g/mol. The number of aliphatic hydroxyl groups is 1. The summed E-state index contributed by atoms with van der Waals surface area (Å²) in [7, 11) is 0. The zero-order valence-corrected chi connectivity index (χ0v) is 12.7. The molecular formula is C15H21ClN2O2. The molecule has 0 bridgehead atoms. The van der Waals surface area contributed by atoms with Crippen LogP contribution in [0.2, 0.25) is 5.02 Å². The van der Waals surface area contributed by atoms with Gasteiger partial charge in [0.1, 0.15) is 0 Å². The fourth-order valence-corrected chi connectivity index (χ4v) is 3.12. The van der Waals surface area contributed by atoms with Crippen LogP contribution in [0.25, 0.3) is 0 Å². The number of carbonyl (C=O) groups excluding carboxylic acids is 1. The molecule has 20 heavy (non-hydrogen) atoms. The summed E-state index contributed by atoms with van der Waals surface area (Å²) >= 11 is 6.04. The summed E-state index contributed by atoms with van der Waals surface area (Å²) in [5.41, 5.74) is 0.328. The number of nitrogens with one attached hydrogen (secondary N) is 1. The minimum atomic E-state index is -0.794. The van der Waals surface area contributed by atoms with Crippen molar-refractivity contribution in [3.63, 3.8) is 0 Å². The van der Waals surface area contributed by atoms with E-state index in [9.17, 15) is 9.90 Å². The molecule has 0 aliphatic heterocycles. The van der Waals surface area contributed by atoms with Gasteiger partial charge in [0.05, 0.1) is 16.2 Å². The summed E-state index contributed by atoms with van der Waals surface area (Å²) in [6, 6.07) is 1.66. The molecular weight excluding hydrogens is 276 g/mol. The topological polar surface area (TPSA) is 62.2 Å². The minimum absolute atomic E-state index is 0.264. The molecule has 2 unspecified atom stereocenters. The maximum atomic E-state index is 12.1. The van der Waals surface area contributed by atoms with Gasteiger partial charge in [-0.2, -0.15) is 0 Å². The molecule has 1 fully saturated rings. The molecule has 0 aromatic carbocycles. The number of pyridine rings is 1. The molecule has 1 aliphatic carbocycles. The summed E-state index contributed by atoms with van der Waals surface area (Å²) in [5, 5.41) is 13.7. The van der Waals surface area contributed by atoms with Crippen LogP contribution in [-0.4, -0.2) is 28.1 Å². The standard InChI is InChI=1S/C15H21ClN2O2/c1-10-4-3-5-15(20,7-10)9-18-14(19)12-8-17-11(2)6-13(12)16/h6,8,10,20H,3-5,7,9H2,1-2H3,(H,18,19). The summed E-state index contributed by atoms with van der Waals surface area (Å²) in [5.74, 6) is 0.212. The Hall–Kier alpha value is -1.13. The van der Waals surface area contributed by atoms with Crippen LogP contribution in [0.4, 0.5) is 0 Å². The van der Waals surface area contributed by atoms with Crippen molar-refractivity contribution in [1.82, 2.24) is 10.3 Å². The number of nitrogens with zero attached hydrogens (tertiary/aromatic N) is 1. The van der Waals surface area contributed by atoms with Gasteiger partial charge in [-0.1, -0.05) is 31.4 Å². The quantitative estimate of drug-likeness (QED) is 0.901. The highest BCUT2D eigenvalue weighted by atomic mass is 35.5. The van der Waals surface area contributed by atoms with Crippen LogP contribution in [0.3, 0.4) is 0 Å². The summed E-state index contributed by atoms with van der Waals surface area (Å²) in [6.45, 7) is 4.22. The molecule has 1 aromatic heterocycles. The van der Waals surface area contributed by atoms with Crippen molar-refractivity contribution >= 4 is 17.5 Å². The number of rotatable bonds is 3. The van der Waals surface area contributed by atoms with E-state index in [1.165, 1.54) is 6.20 Å². The molecule has 1 aromatic rings. The lowest BCUT2D eigenvalue weighted by molar-refractivity contribution is -0.0109. The average molecular weight is 297 g/mol. The number of hydrogen-bond acceptors (Lipinski definition) is 3. The van der Waals surface area contributed by atoms with E-state index in [0.29, 0.717) is 16.5 Å². The minimum Gasteiger partial charge on any atom is -0.388 e. The average Bonchev–Trinajstić information content (AvgIpc) is 2.36. The van der Waals surface area contributed by atoms with E-state index in [0.717, 1.165) is 31.4 Å². The van der Waals surface area contributed by atoms with Crippen LogP contribution >= 0.6 is 11.6 Å². The number of carbonyl (C=O) groups is 1. The van der Waals surface area contributed by atoms with Gasteiger partial charge in [-0.05, 0) is 31.7 Å². The maximum absolute atomic E-state index is 12.1. The number of aryl methyl sites for hydroxylation is 1. The Balaban J connectivity index is 1.98. The molecule has 2 N–H and O–H groups in total. The number of amides is 1. The number of halogens is 1. The van der Waals surface area contributed by atoms with Gasteiger partial charge in [-0.25, -0.2) is 0 Å². The lowest BCUT2D eigenvalue weighted by Crippen LogP contribution is -2.45. The van der Waals surface area contributed by atoms with Gasteiger partial charge in [0.2, 0.25) is 0 Å². The lowest BCUT2D eigenvalue weighted by atomic mass is 9.79. The van der Waals surface area contributed by atoms with Crippen molar-refractivity contribution in [1.29, 1.82) is 0 Å². The predicted molar refractivity (Wildman–Crippen MR) is 78.9 cm³/mol. The molecule has 4 nitrogen and oxygen atoms in total. The van der Waals surface area contributed by atoms with E-state index in [2.05, 4.69) is 17.2 Å². The Kier molecular flexibility index (Phi) is 4.66. The van der Waals surface area contributed by atoms with Crippen molar-refractivity contribution in [2.24, 2.45) is 5.92 Å². The van der Waals surface area contributed by atoms with Gasteiger partial charge < -0.3 is 10.4 Å². The van der Waals surface area contributed by atoms with E-state index in [4.69, 9.17) is 11.6 Å². The Morgan fingerprint density at radius 2 is 2.40 bits per heavy atom. The second-order valence-corrected chi connectivity index (χ2v) is 6.32. The van der Waals surface area contributed by atoms with E-state index in [1.54, 1.807) is 6.07 Å².